The van der Waals surface area contributed by atoms with Crippen molar-refractivity contribution in [2.45, 2.75) is 38.3 Å². The van der Waals surface area contributed by atoms with Crippen molar-refractivity contribution >= 4 is 28.8 Å². The Balaban J connectivity index is 1.59. The van der Waals surface area contributed by atoms with Gasteiger partial charge in [-0.2, -0.15) is 0 Å². The molecule has 8 nitrogen and oxygen atoms in total. The molecule has 0 spiro atoms. The Morgan fingerprint density at radius 1 is 1.28 bits per heavy atom. The zero-order valence-corrected chi connectivity index (χ0v) is 19.2. The number of rotatable bonds is 7. The van der Waals surface area contributed by atoms with Crippen LogP contribution in [0.25, 0.3) is 0 Å². The predicted octanol–water partition coefficient (Wildman–Crippen LogP) is 3.13. The number of esters is 1. The fourth-order valence-electron chi connectivity index (χ4n) is 4.10. The SMILES string of the molecule is COC(=O)C1=C(C)N=C2SC=C(CC(=O)NC[C@H]3CCCO3)N2[C@@H]1c1ccc(OC)cc1. The number of carbonyl (C=O) groups is 2. The first-order valence-electron chi connectivity index (χ1n) is 10.6. The van der Waals surface area contributed by atoms with E-state index in [1.165, 1.54) is 18.9 Å². The average Bonchev–Trinajstić information content (AvgIpc) is 3.46. The average molecular weight is 458 g/mol. The van der Waals surface area contributed by atoms with Gasteiger partial charge in [0, 0.05) is 18.8 Å². The third-order valence-corrected chi connectivity index (χ3v) is 6.62. The van der Waals surface area contributed by atoms with Crippen LogP contribution in [0.15, 0.2) is 51.6 Å². The summed E-state index contributed by atoms with van der Waals surface area (Å²) in [5, 5.41) is 5.63. The first-order chi connectivity index (χ1) is 15.5. The maximum Gasteiger partial charge on any atom is 0.338 e. The molecule has 170 valence electrons. The molecule has 1 fully saturated rings. The number of carbonyl (C=O) groups excluding carboxylic acids is 2. The van der Waals surface area contributed by atoms with E-state index in [2.05, 4.69) is 10.3 Å². The molecule has 2 atom stereocenters. The summed E-state index contributed by atoms with van der Waals surface area (Å²) < 4.78 is 15.9. The lowest BCUT2D eigenvalue weighted by Gasteiger charge is -2.36. The van der Waals surface area contributed by atoms with Crippen LogP contribution >= 0.6 is 11.8 Å². The summed E-state index contributed by atoms with van der Waals surface area (Å²) in [5.41, 5.74) is 2.72. The van der Waals surface area contributed by atoms with E-state index in [-0.39, 0.29) is 18.4 Å². The van der Waals surface area contributed by atoms with Crippen molar-refractivity contribution in [2.75, 3.05) is 27.4 Å². The van der Waals surface area contributed by atoms with Gasteiger partial charge in [0.2, 0.25) is 5.91 Å². The minimum atomic E-state index is -0.451. The molecule has 9 heteroatoms. The number of fused-ring (bicyclic) bond motifs is 1. The number of allylic oxidation sites excluding steroid dienone is 1. The summed E-state index contributed by atoms with van der Waals surface area (Å²) in [6.07, 6.45) is 2.26. The predicted molar refractivity (Wildman–Crippen MR) is 122 cm³/mol. The summed E-state index contributed by atoms with van der Waals surface area (Å²) in [5.74, 6) is 0.192. The molecule has 3 heterocycles. The van der Waals surface area contributed by atoms with Crippen LogP contribution < -0.4 is 10.1 Å². The van der Waals surface area contributed by atoms with Gasteiger partial charge in [-0.3, -0.25) is 4.79 Å². The van der Waals surface area contributed by atoms with E-state index in [1.807, 2.05) is 34.6 Å². The quantitative estimate of drug-likeness (QED) is 0.629. The van der Waals surface area contributed by atoms with E-state index in [9.17, 15) is 9.59 Å². The minimum absolute atomic E-state index is 0.0848. The molecule has 0 aliphatic carbocycles. The number of aliphatic imine (C=N–C) groups is 1. The Morgan fingerprint density at radius 3 is 2.72 bits per heavy atom. The smallest absolute Gasteiger partial charge is 0.338 e. The first-order valence-corrected chi connectivity index (χ1v) is 11.4. The van der Waals surface area contributed by atoms with Gasteiger partial charge in [-0.1, -0.05) is 23.9 Å². The van der Waals surface area contributed by atoms with Gasteiger partial charge < -0.3 is 24.4 Å². The van der Waals surface area contributed by atoms with Crippen LogP contribution in [0.2, 0.25) is 0 Å². The van der Waals surface area contributed by atoms with Crippen LogP contribution in [0, 0.1) is 0 Å². The third-order valence-electron chi connectivity index (χ3n) is 5.73. The molecule has 0 radical (unpaired) electrons. The molecular weight excluding hydrogens is 430 g/mol. The molecule has 3 aliphatic heterocycles. The van der Waals surface area contributed by atoms with E-state index in [1.54, 1.807) is 14.0 Å². The lowest BCUT2D eigenvalue weighted by Crippen LogP contribution is -2.38. The van der Waals surface area contributed by atoms with Crippen molar-refractivity contribution in [2.24, 2.45) is 4.99 Å². The maximum absolute atomic E-state index is 12.7. The molecular formula is C23H27N3O5S. The molecule has 4 rings (SSSR count). The fourth-order valence-corrected chi connectivity index (χ4v) is 5.07. The lowest BCUT2D eigenvalue weighted by molar-refractivity contribution is -0.136. The van der Waals surface area contributed by atoms with Crippen LogP contribution in [-0.4, -0.2) is 55.4 Å². The van der Waals surface area contributed by atoms with Gasteiger partial charge in [0.1, 0.15) is 5.75 Å². The highest BCUT2D eigenvalue weighted by Gasteiger charge is 2.41. The Bertz CT molecular complexity index is 980. The van der Waals surface area contributed by atoms with Crippen LogP contribution in [0.5, 0.6) is 5.75 Å². The van der Waals surface area contributed by atoms with Crippen molar-refractivity contribution in [1.29, 1.82) is 0 Å². The zero-order valence-electron chi connectivity index (χ0n) is 18.4. The van der Waals surface area contributed by atoms with Gasteiger partial charge in [-0.15, -0.1) is 0 Å². The molecule has 0 aromatic heterocycles. The second-order valence-corrected chi connectivity index (χ2v) is 8.61. The largest absolute Gasteiger partial charge is 0.497 e. The highest BCUT2D eigenvalue weighted by atomic mass is 32.2. The summed E-state index contributed by atoms with van der Waals surface area (Å²) in [7, 11) is 2.97. The number of amidine groups is 1. The highest BCUT2D eigenvalue weighted by Crippen LogP contribution is 2.45. The Morgan fingerprint density at radius 2 is 2.06 bits per heavy atom. The number of ether oxygens (including phenoxy) is 3. The van der Waals surface area contributed by atoms with E-state index in [0.717, 1.165) is 41.6 Å². The normalized spacial score (nSPS) is 22.3. The molecule has 1 aromatic carbocycles. The third kappa shape index (κ3) is 4.54. The second-order valence-electron chi connectivity index (χ2n) is 7.77. The number of nitrogens with one attached hydrogen (secondary N) is 1. The molecule has 3 aliphatic rings. The molecule has 1 saturated heterocycles. The van der Waals surface area contributed by atoms with Crippen LogP contribution in [0.1, 0.15) is 37.8 Å². The van der Waals surface area contributed by atoms with Crippen molar-refractivity contribution in [3.05, 3.63) is 52.2 Å². The van der Waals surface area contributed by atoms with Gasteiger partial charge >= 0.3 is 5.97 Å². The number of nitrogens with zero attached hydrogens (tertiary/aromatic N) is 2. The summed E-state index contributed by atoms with van der Waals surface area (Å²) in [6.45, 7) is 3.07. The maximum atomic E-state index is 12.7. The van der Waals surface area contributed by atoms with Crippen molar-refractivity contribution in [3.63, 3.8) is 0 Å². The van der Waals surface area contributed by atoms with E-state index >= 15 is 0 Å². The lowest BCUT2D eigenvalue weighted by atomic mass is 9.94. The van der Waals surface area contributed by atoms with Gasteiger partial charge in [0.25, 0.3) is 0 Å². The van der Waals surface area contributed by atoms with Crippen molar-refractivity contribution in [3.8, 4) is 5.75 Å². The standard InChI is InChI=1S/C23H27N3O5S/c1-14-20(22(28)30-3)21(15-6-8-17(29-2)9-7-15)26-16(13-32-23(26)25-14)11-19(27)24-12-18-5-4-10-31-18/h6-9,13,18,21H,4-5,10-12H2,1-3H3,(H,24,27)/t18-,21-/m1/s1. The number of amides is 1. The van der Waals surface area contributed by atoms with Gasteiger partial charge in [-0.05, 0) is 42.9 Å². The Hall–Kier alpha value is -2.78. The van der Waals surface area contributed by atoms with Crippen LogP contribution in [-0.2, 0) is 19.1 Å². The van der Waals surface area contributed by atoms with Crippen molar-refractivity contribution < 1.29 is 23.8 Å². The molecule has 1 aromatic rings. The first kappa shape index (κ1) is 22.4. The Labute approximate surface area is 191 Å². The van der Waals surface area contributed by atoms with Gasteiger partial charge in [-0.25, -0.2) is 9.79 Å². The number of thioether (sulfide) groups is 1. The second kappa shape index (κ2) is 9.79. The number of hydrogen-bond donors (Lipinski definition) is 1. The summed E-state index contributed by atoms with van der Waals surface area (Å²) >= 11 is 1.45. The fraction of sp³-hybridized carbons (Fsp3) is 0.435. The van der Waals surface area contributed by atoms with Gasteiger partial charge in [0.05, 0.1) is 44.1 Å². The molecule has 0 unspecified atom stereocenters. The summed E-state index contributed by atoms with van der Waals surface area (Å²) in [4.78, 5) is 32.0. The molecule has 0 saturated carbocycles. The molecule has 0 bridgehead atoms. The summed E-state index contributed by atoms with van der Waals surface area (Å²) in [6, 6.07) is 7.09. The van der Waals surface area contributed by atoms with Crippen molar-refractivity contribution in [1.82, 2.24) is 10.2 Å². The number of methoxy groups -OCH3 is 2. The van der Waals surface area contributed by atoms with Crippen LogP contribution in [0.4, 0.5) is 0 Å². The number of benzene rings is 1. The monoisotopic (exact) mass is 457 g/mol. The van der Waals surface area contributed by atoms with E-state index in [4.69, 9.17) is 14.2 Å². The molecule has 1 N–H and O–H groups in total. The van der Waals surface area contributed by atoms with Crippen LogP contribution in [0.3, 0.4) is 0 Å². The van der Waals surface area contributed by atoms with E-state index < -0.39 is 12.0 Å². The zero-order chi connectivity index (χ0) is 22.7. The van der Waals surface area contributed by atoms with E-state index in [0.29, 0.717) is 17.8 Å². The van der Waals surface area contributed by atoms with Gasteiger partial charge in [0.15, 0.2) is 5.17 Å². The minimum Gasteiger partial charge on any atom is -0.497 e. The topological polar surface area (TPSA) is 89.5 Å². The highest BCUT2D eigenvalue weighted by molar-refractivity contribution is 8.16. The number of hydrogen-bond acceptors (Lipinski definition) is 8. The molecule has 1 amide bonds. The molecule has 32 heavy (non-hydrogen) atoms. The Kier molecular flexibility index (Phi) is 6.86.